The van der Waals surface area contributed by atoms with Crippen LogP contribution in [0.4, 0.5) is 18.9 Å². The van der Waals surface area contributed by atoms with Crippen molar-refractivity contribution in [2.24, 2.45) is 5.73 Å². The summed E-state index contributed by atoms with van der Waals surface area (Å²) in [6.07, 6.45) is -2.80. The van der Waals surface area contributed by atoms with Gasteiger partial charge in [-0.25, -0.2) is 4.98 Å². The van der Waals surface area contributed by atoms with Gasteiger partial charge in [-0.05, 0) is 23.8 Å². The summed E-state index contributed by atoms with van der Waals surface area (Å²) in [5.74, 6) is 0.112. The molecule has 1 heterocycles. The molecule has 0 fully saturated rings. The number of rotatable bonds is 5. The lowest BCUT2D eigenvalue weighted by Crippen LogP contribution is -2.15. The van der Waals surface area contributed by atoms with Gasteiger partial charge in [-0.1, -0.05) is 0 Å². The third-order valence-electron chi connectivity index (χ3n) is 2.89. The van der Waals surface area contributed by atoms with E-state index in [1.54, 1.807) is 0 Å². The first kappa shape index (κ1) is 16.0. The minimum Gasteiger partial charge on any atom is -0.326 e. The first-order valence-corrected chi connectivity index (χ1v) is 6.44. The number of benzene rings is 1. The van der Waals surface area contributed by atoms with Crippen molar-refractivity contribution >= 4 is 11.6 Å². The number of hydrogen-bond acceptors (Lipinski definition) is 4. The number of carbonyl (C=O) groups is 1. The van der Waals surface area contributed by atoms with Crippen molar-refractivity contribution < 1.29 is 18.0 Å². The lowest BCUT2D eigenvalue weighted by molar-refractivity contribution is -0.137. The number of anilines is 1. The number of nitrogens with one attached hydrogen (secondary N) is 2. The Morgan fingerprint density at radius 1 is 1.32 bits per heavy atom. The number of amides is 1. The first-order valence-electron chi connectivity index (χ1n) is 6.44. The van der Waals surface area contributed by atoms with E-state index in [0.29, 0.717) is 17.8 Å². The van der Waals surface area contributed by atoms with Gasteiger partial charge in [0, 0.05) is 25.1 Å². The third-order valence-corrected chi connectivity index (χ3v) is 2.89. The van der Waals surface area contributed by atoms with Crippen molar-refractivity contribution in [2.45, 2.75) is 25.6 Å². The highest BCUT2D eigenvalue weighted by Crippen LogP contribution is 2.32. The Morgan fingerprint density at radius 3 is 2.68 bits per heavy atom. The highest BCUT2D eigenvalue weighted by Gasteiger charge is 2.31. The number of aryl methyl sites for hydroxylation is 1. The number of halogens is 3. The maximum Gasteiger partial charge on any atom is 0.416 e. The summed E-state index contributed by atoms with van der Waals surface area (Å²) in [6.45, 7) is -0.0507. The van der Waals surface area contributed by atoms with Crippen LogP contribution in [0.3, 0.4) is 0 Å². The molecule has 22 heavy (non-hydrogen) atoms. The second kappa shape index (κ2) is 6.56. The van der Waals surface area contributed by atoms with Gasteiger partial charge in [0.05, 0.1) is 5.56 Å². The monoisotopic (exact) mass is 313 g/mol. The molecule has 0 aliphatic rings. The second-order valence-electron chi connectivity index (χ2n) is 4.60. The molecular weight excluding hydrogens is 299 g/mol. The summed E-state index contributed by atoms with van der Waals surface area (Å²) in [4.78, 5) is 15.6. The summed E-state index contributed by atoms with van der Waals surface area (Å²) in [6, 6.07) is 3.26. The lowest BCUT2D eigenvalue weighted by Gasteiger charge is -2.12. The molecule has 0 aliphatic carbocycles. The maximum absolute atomic E-state index is 12.8. The van der Waals surface area contributed by atoms with Crippen LogP contribution in [-0.4, -0.2) is 21.1 Å². The lowest BCUT2D eigenvalue weighted by atomic mass is 10.1. The van der Waals surface area contributed by atoms with E-state index in [9.17, 15) is 18.0 Å². The van der Waals surface area contributed by atoms with E-state index in [2.05, 4.69) is 20.5 Å². The Bertz CT molecular complexity index is 640. The minimum absolute atomic E-state index is 0.0507. The molecule has 4 N–H and O–H groups in total. The molecule has 0 saturated carbocycles. The molecule has 0 bridgehead atoms. The van der Waals surface area contributed by atoms with Gasteiger partial charge >= 0.3 is 6.18 Å². The Morgan fingerprint density at radius 2 is 2.09 bits per heavy atom. The third kappa shape index (κ3) is 4.29. The van der Waals surface area contributed by atoms with E-state index >= 15 is 0 Å². The molecule has 0 atom stereocenters. The van der Waals surface area contributed by atoms with Crippen LogP contribution >= 0.6 is 0 Å². The standard InChI is InChI=1S/C13H14F3N5O/c14-13(15,16)9-3-8(6-17)4-10(5-9)20-12(22)2-1-11-18-7-19-21-11/h3-5,7H,1-2,6,17H2,(H,20,22)(H,18,19,21). The fourth-order valence-electron chi connectivity index (χ4n) is 1.85. The molecule has 9 heteroatoms. The maximum atomic E-state index is 12.8. The van der Waals surface area contributed by atoms with Crippen LogP contribution in [0, 0.1) is 0 Å². The summed E-state index contributed by atoms with van der Waals surface area (Å²) in [7, 11) is 0. The number of aromatic nitrogens is 3. The highest BCUT2D eigenvalue weighted by atomic mass is 19.4. The normalized spacial score (nSPS) is 11.5. The summed E-state index contributed by atoms with van der Waals surface area (Å²) >= 11 is 0. The summed E-state index contributed by atoms with van der Waals surface area (Å²) in [5, 5.41) is 8.67. The SMILES string of the molecule is NCc1cc(NC(=O)CCc2ncn[nH]2)cc(C(F)(F)F)c1. The molecule has 0 unspecified atom stereocenters. The van der Waals surface area contributed by atoms with Crippen LogP contribution in [0.15, 0.2) is 24.5 Å². The Kier molecular flexibility index (Phi) is 4.76. The van der Waals surface area contributed by atoms with Gasteiger partial charge in [-0.2, -0.15) is 18.3 Å². The molecular formula is C13H14F3N5O. The molecule has 1 aromatic carbocycles. The number of nitrogens with zero attached hydrogens (tertiary/aromatic N) is 2. The topological polar surface area (TPSA) is 96.7 Å². The zero-order valence-electron chi connectivity index (χ0n) is 11.4. The van der Waals surface area contributed by atoms with E-state index in [1.807, 2.05) is 0 Å². The molecule has 0 aliphatic heterocycles. The van der Waals surface area contributed by atoms with E-state index in [-0.39, 0.29) is 18.7 Å². The van der Waals surface area contributed by atoms with Crippen LogP contribution in [0.2, 0.25) is 0 Å². The van der Waals surface area contributed by atoms with E-state index in [0.717, 1.165) is 12.1 Å². The van der Waals surface area contributed by atoms with Gasteiger partial charge in [0.1, 0.15) is 12.2 Å². The van der Waals surface area contributed by atoms with Crippen molar-refractivity contribution in [3.8, 4) is 0 Å². The number of H-pyrrole nitrogens is 1. The average Bonchev–Trinajstić information content (AvgIpc) is 2.97. The van der Waals surface area contributed by atoms with E-state index < -0.39 is 17.6 Å². The average molecular weight is 313 g/mol. The number of aromatic amines is 1. The predicted octanol–water partition coefficient (Wildman–Crippen LogP) is 1.85. The summed E-state index contributed by atoms with van der Waals surface area (Å²) < 4.78 is 38.3. The number of alkyl halides is 3. The Balaban J connectivity index is 2.06. The fourth-order valence-corrected chi connectivity index (χ4v) is 1.85. The number of hydrogen-bond donors (Lipinski definition) is 3. The van der Waals surface area contributed by atoms with Gasteiger partial charge < -0.3 is 11.1 Å². The molecule has 1 aromatic heterocycles. The van der Waals surface area contributed by atoms with Gasteiger partial charge in [-0.3, -0.25) is 9.89 Å². The van der Waals surface area contributed by atoms with Gasteiger partial charge in [-0.15, -0.1) is 0 Å². The van der Waals surface area contributed by atoms with Crippen LogP contribution in [-0.2, 0) is 23.9 Å². The highest BCUT2D eigenvalue weighted by molar-refractivity contribution is 5.91. The smallest absolute Gasteiger partial charge is 0.326 e. The molecule has 2 rings (SSSR count). The van der Waals surface area contributed by atoms with Gasteiger partial charge in [0.15, 0.2) is 0 Å². The number of nitrogens with two attached hydrogens (primary N) is 1. The molecule has 1 amide bonds. The van der Waals surface area contributed by atoms with Gasteiger partial charge in [0.25, 0.3) is 0 Å². The van der Waals surface area contributed by atoms with Crippen molar-refractivity contribution in [1.29, 1.82) is 0 Å². The van der Waals surface area contributed by atoms with Crippen LogP contribution in [0.25, 0.3) is 0 Å². The van der Waals surface area contributed by atoms with Crippen LogP contribution in [0.5, 0.6) is 0 Å². The molecule has 2 aromatic rings. The Labute approximate surface area is 123 Å². The van der Waals surface area contributed by atoms with Gasteiger partial charge in [0.2, 0.25) is 5.91 Å². The zero-order chi connectivity index (χ0) is 16.2. The van der Waals surface area contributed by atoms with Crippen LogP contribution in [0.1, 0.15) is 23.4 Å². The molecule has 6 nitrogen and oxygen atoms in total. The van der Waals surface area contributed by atoms with Crippen molar-refractivity contribution in [2.75, 3.05) is 5.32 Å². The molecule has 0 radical (unpaired) electrons. The summed E-state index contributed by atoms with van der Waals surface area (Å²) in [5.41, 5.74) is 4.90. The van der Waals surface area contributed by atoms with E-state index in [4.69, 9.17) is 5.73 Å². The largest absolute Gasteiger partial charge is 0.416 e. The minimum atomic E-state index is -4.50. The quantitative estimate of drug-likeness (QED) is 0.785. The number of carbonyl (C=O) groups excluding carboxylic acids is 1. The first-order chi connectivity index (χ1) is 10.4. The zero-order valence-corrected chi connectivity index (χ0v) is 11.4. The van der Waals surface area contributed by atoms with E-state index in [1.165, 1.54) is 12.4 Å². The van der Waals surface area contributed by atoms with Crippen molar-refractivity contribution in [1.82, 2.24) is 15.2 Å². The van der Waals surface area contributed by atoms with Crippen molar-refractivity contribution in [3.63, 3.8) is 0 Å². The van der Waals surface area contributed by atoms with Crippen LogP contribution < -0.4 is 11.1 Å². The predicted molar refractivity (Wildman–Crippen MR) is 72.7 cm³/mol. The molecule has 0 saturated heterocycles. The second-order valence-corrected chi connectivity index (χ2v) is 4.60. The Hall–Kier alpha value is -2.42. The van der Waals surface area contributed by atoms with Crippen molar-refractivity contribution in [3.05, 3.63) is 41.5 Å². The molecule has 0 spiro atoms. The fraction of sp³-hybridized carbons (Fsp3) is 0.308. The molecule has 118 valence electrons.